The van der Waals surface area contributed by atoms with E-state index in [9.17, 15) is 0 Å². The molecular weight excluding hydrogens is 340 g/mol. The summed E-state index contributed by atoms with van der Waals surface area (Å²) in [5.74, 6) is 3.40. The largest absolute Gasteiger partial charge is 0.493 e. The van der Waals surface area contributed by atoms with Gasteiger partial charge in [-0.3, -0.25) is 0 Å². The van der Waals surface area contributed by atoms with Gasteiger partial charge in [0.1, 0.15) is 5.75 Å². The van der Waals surface area contributed by atoms with Crippen LogP contribution in [0.3, 0.4) is 0 Å². The first-order valence-corrected chi connectivity index (χ1v) is 9.14. The van der Waals surface area contributed by atoms with Gasteiger partial charge in [0.2, 0.25) is 5.89 Å². The number of benzene rings is 1. The molecule has 0 N–H and O–H groups in total. The molecule has 1 aromatic carbocycles. The number of aromatic nitrogens is 4. The van der Waals surface area contributed by atoms with E-state index in [0.717, 1.165) is 23.6 Å². The Balaban J connectivity index is 1.65. The first kappa shape index (κ1) is 17.5. The highest BCUT2D eigenvalue weighted by Gasteiger charge is 2.15. The van der Waals surface area contributed by atoms with Crippen molar-refractivity contribution in [3.05, 3.63) is 36.0 Å². The molecule has 2 heterocycles. The van der Waals surface area contributed by atoms with Gasteiger partial charge in [-0.15, -0.1) is 10.2 Å². The van der Waals surface area contributed by atoms with Crippen LogP contribution in [0.5, 0.6) is 5.75 Å². The molecule has 0 fully saturated rings. The Hall–Kier alpha value is -2.35. The third-order valence-corrected chi connectivity index (χ3v) is 4.05. The molecule has 0 amide bonds. The van der Waals surface area contributed by atoms with Crippen molar-refractivity contribution < 1.29 is 13.7 Å². The summed E-state index contributed by atoms with van der Waals surface area (Å²) in [6.07, 6.45) is 0.799. The quantitative estimate of drug-likeness (QED) is 0.557. The Kier molecular flexibility index (Phi) is 5.70. The summed E-state index contributed by atoms with van der Waals surface area (Å²) in [4.78, 5) is 4.36. The van der Waals surface area contributed by atoms with Gasteiger partial charge < -0.3 is 13.7 Å². The van der Waals surface area contributed by atoms with Gasteiger partial charge in [-0.05, 0) is 25.0 Å². The second kappa shape index (κ2) is 8.15. The molecule has 0 unspecified atom stereocenters. The van der Waals surface area contributed by atoms with Crippen LogP contribution in [-0.2, 0) is 12.2 Å². The number of nitrogens with zero attached hydrogens (tertiary/aromatic N) is 4. The SMILES string of the molecule is CCOc1ccccc1-c1nnc(SCc2nc(CC(C)C)no2)o1. The number of hydrogen-bond acceptors (Lipinski definition) is 8. The van der Waals surface area contributed by atoms with E-state index in [1.165, 1.54) is 11.8 Å². The lowest BCUT2D eigenvalue weighted by Crippen LogP contribution is -1.96. The van der Waals surface area contributed by atoms with Crippen molar-refractivity contribution in [2.75, 3.05) is 6.61 Å². The van der Waals surface area contributed by atoms with Crippen LogP contribution in [0.4, 0.5) is 0 Å². The van der Waals surface area contributed by atoms with E-state index in [0.29, 0.717) is 35.3 Å². The zero-order valence-corrected chi connectivity index (χ0v) is 15.2. The normalized spacial score (nSPS) is 11.2. The monoisotopic (exact) mass is 360 g/mol. The standard InChI is InChI=1S/C17H20N4O3S/c1-4-22-13-8-6-5-7-12(13)16-19-20-17(23-16)25-10-15-18-14(21-24-15)9-11(2)3/h5-8,11H,4,9-10H2,1-3H3. The van der Waals surface area contributed by atoms with Crippen molar-refractivity contribution in [1.82, 2.24) is 20.3 Å². The average Bonchev–Trinajstić information content (AvgIpc) is 3.22. The lowest BCUT2D eigenvalue weighted by molar-refractivity contribution is 0.340. The van der Waals surface area contributed by atoms with Crippen molar-refractivity contribution in [1.29, 1.82) is 0 Å². The topological polar surface area (TPSA) is 87.1 Å². The lowest BCUT2D eigenvalue weighted by Gasteiger charge is -2.05. The number of thioether (sulfide) groups is 1. The Labute approximate surface area is 150 Å². The Morgan fingerprint density at radius 1 is 1.20 bits per heavy atom. The second-order valence-electron chi connectivity index (χ2n) is 5.79. The zero-order chi connectivity index (χ0) is 17.6. The molecule has 0 atom stereocenters. The molecule has 132 valence electrons. The molecule has 0 bridgehead atoms. The summed E-state index contributed by atoms with van der Waals surface area (Å²) in [5, 5.41) is 12.6. The van der Waals surface area contributed by atoms with Crippen LogP contribution in [0.15, 0.2) is 38.4 Å². The maximum atomic E-state index is 5.72. The molecule has 2 aromatic heterocycles. The molecule has 0 saturated carbocycles. The van der Waals surface area contributed by atoms with E-state index >= 15 is 0 Å². The van der Waals surface area contributed by atoms with Gasteiger partial charge in [-0.2, -0.15) is 4.98 Å². The Morgan fingerprint density at radius 2 is 2.04 bits per heavy atom. The number of ether oxygens (including phenoxy) is 1. The fraction of sp³-hybridized carbons (Fsp3) is 0.412. The minimum absolute atomic E-state index is 0.428. The Morgan fingerprint density at radius 3 is 2.84 bits per heavy atom. The smallest absolute Gasteiger partial charge is 0.277 e. The summed E-state index contributed by atoms with van der Waals surface area (Å²) < 4.78 is 16.6. The van der Waals surface area contributed by atoms with E-state index < -0.39 is 0 Å². The van der Waals surface area contributed by atoms with Gasteiger partial charge in [-0.25, -0.2) is 0 Å². The molecular formula is C17H20N4O3S. The highest BCUT2D eigenvalue weighted by atomic mass is 32.2. The summed E-state index contributed by atoms with van der Waals surface area (Å²) in [7, 11) is 0. The summed E-state index contributed by atoms with van der Waals surface area (Å²) >= 11 is 1.36. The first-order chi connectivity index (χ1) is 12.2. The van der Waals surface area contributed by atoms with E-state index in [1.54, 1.807) is 0 Å². The fourth-order valence-electron chi connectivity index (χ4n) is 2.22. The maximum Gasteiger partial charge on any atom is 0.277 e. The minimum Gasteiger partial charge on any atom is -0.493 e. The van der Waals surface area contributed by atoms with Crippen LogP contribution in [-0.4, -0.2) is 26.9 Å². The zero-order valence-electron chi connectivity index (χ0n) is 14.4. The van der Waals surface area contributed by atoms with E-state index in [1.807, 2.05) is 31.2 Å². The molecule has 3 aromatic rings. The molecule has 25 heavy (non-hydrogen) atoms. The molecule has 0 saturated heterocycles. The van der Waals surface area contributed by atoms with Gasteiger partial charge >= 0.3 is 0 Å². The van der Waals surface area contributed by atoms with Crippen LogP contribution < -0.4 is 4.74 Å². The minimum atomic E-state index is 0.428. The lowest BCUT2D eigenvalue weighted by atomic mass is 10.1. The van der Waals surface area contributed by atoms with Crippen LogP contribution >= 0.6 is 11.8 Å². The molecule has 0 radical (unpaired) electrons. The van der Waals surface area contributed by atoms with Crippen molar-refractivity contribution in [2.24, 2.45) is 5.92 Å². The molecule has 0 aliphatic carbocycles. The van der Waals surface area contributed by atoms with Gasteiger partial charge in [0.25, 0.3) is 11.1 Å². The van der Waals surface area contributed by atoms with Crippen molar-refractivity contribution in [2.45, 2.75) is 38.2 Å². The predicted octanol–water partition coefficient (Wildman–Crippen LogP) is 4.01. The van der Waals surface area contributed by atoms with Gasteiger partial charge in [0.05, 0.1) is 17.9 Å². The molecule has 8 heteroatoms. The molecule has 0 aliphatic rings. The Bertz CT molecular complexity index is 816. The third kappa shape index (κ3) is 4.60. The van der Waals surface area contributed by atoms with Crippen molar-refractivity contribution in [3.8, 4) is 17.2 Å². The number of para-hydroxylation sites is 1. The first-order valence-electron chi connectivity index (χ1n) is 8.15. The molecule has 7 nitrogen and oxygen atoms in total. The summed E-state index contributed by atoms with van der Waals surface area (Å²) in [6.45, 7) is 6.74. The van der Waals surface area contributed by atoms with Gasteiger partial charge in [0, 0.05) is 6.42 Å². The molecule has 0 aliphatic heterocycles. The fourth-order valence-corrected chi connectivity index (χ4v) is 2.82. The van der Waals surface area contributed by atoms with Gasteiger partial charge in [-0.1, -0.05) is 42.9 Å². The van der Waals surface area contributed by atoms with Crippen molar-refractivity contribution in [3.63, 3.8) is 0 Å². The highest BCUT2D eigenvalue weighted by Crippen LogP contribution is 2.31. The molecule has 0 spiro atoms. The average molecular weight is 360 g/mol. The van der Waals surface area contributed by atoms with Crippen LogP contribution in [0.25, 0.3) is 11.5 Å². The number of hydrogen-bond donors (Lipinski definition) is 0. The second-order valence-corrected chi connectivity index (χ2v) is 6.72. The molecule has 3 rings (SSSR count). The number of rotatable bonds is 8. The maximum absolute atomic E-state index is 5.72. The third-order valence-electron chi connectivity index (χ3n) is 3.24. The van der Waals surface area contributed by atoms with E-state index in [2.05, 4.69) is 34.2 Å². The predicted molar refractivity (Wildman–Crippen MR) is 93.3 cm³/mol. The van der Waals surface area contributed by atoms with Gasteiger partial charge in [0.15, 0.2) is 5.82 Å². The van der Waals surface area contributed by atoms with Crippen molar-refractivity contribution >= 4 is 11.8 Å². The van der Waals surface area contributed by atoms with E-state index in [4.69, 9.17) is 13.7 Å². The summed E-state index contributed by atoms with van der Waals surface area (Å²) in [5.41, 5.74) is 0.778. The van der Waals surface area contributed by atoms with Crippen LogP contribution in [0.2, 0.25) is 0 Å². The van der Waals surface area contributed by atoms with E-state index in [-0.39, 0.29) is 0 Å². The van der Waals surface area contributed by atoms with Crippen LogP contribution in [0.1, 0.15) is 32.5 Å². The summed E-state index contributed by atoms with van der Waals surface area (Å²) in [6, 6.07) is 7.59. The van der Waals surface area contributed by atoms with Crippen LogP contribution in [0, 0.1) is 5.92 Å². The highest BCUT2D eigenvalue weighted by molar-refractivity contribution is 7.98.